The SMILES string of the molecule is CCCCCCCCCCCCCCCC(=O)OCC(COP(=O)(O)OCCNC(C)(CC)C(=O)C(CCC(=O)NCC(O)CO)NC(C)CC)OC(=O)CCCCCCCCCCCCCCC. The molecule has 0 fully saturated rings. The van der Waals surface area contributed by atoms with Crippen molar-refractivity contribution in [2.45, 2.75) is 277 Å². The molecule has 69 heavy (non-hydrogen) atoms. The molecule has 0 bridgehead atoms. The molecule has 0 aromatic carbocycles. The Bertz CT molecular complexity index is 1330. The average Bonchev–Trinajstić information content (AvgIpc) is 3.34. The zero-order chi connectivity index (χ0) is 51.4. The van der Waals surface area contributed by atoms with Gasteiger partial charge in [0.05, 0.1) is 37.5 Å². The van der Waals surface area contributed by atoms with Crippen molar-refractivity contribution in [3.05, 3.63) is 0 Å². The molecule has 0 spiro atoms. The van der Waals surface area contributed by atoms with Gasteiger partial charge in [-0.2, -0.15) is 0 Å². The van der Waals surface area contributed by atoms with Crippen LogP contribution in [0, 0.1) is 0 Å². The number of unbranched alkanes of at least 4 members (excludes halogenated alkanes) is 24. The Morgan fingerprint density at radius 2 is 1.10 bits per heavy atom. The molecule has 0 saturated carbocycles. The van der Waals surface area contributed by atoms with Crippen molar-refractivity contribution in [3.8, 4) is 0 Å². The van der Waals surface area contributed by atoms with E-state index in [0.717, 1.165) is 44.9 Å². The van der Waals surface area contributed by atoms with Crippen LogP contribution in [0.2, 0.25) is 0 Å². The van der Waals surface area contributed by atoms with Gasteiger partial charge < -0.3 is 40.5 Å². The lowest BCUT2D eigenvalue weighted by molar-refractivity contribution is -0.161. The lowest BCUT2D eigenvalue weighted by atomic mass is 9.86. The number of Topliss-reactive ketones (excluding diaryl/α,β-unsaturated/α-hetero) is 1. The van der Waals surface area contributed by atoms with Crippen LogP contribution in [0.4, 0.5) is 0 Å². The van der Waals surface area contributed by atoms with E-state index < -0.39 is 56.8 Å². The highest BCUT2D eigenvalue weighted by molar-refractivity contribution is 7.47. The number of nitrogens with one attached hydrogen (secondary N) is 3. The minimum Gasteiger partial charge on any atom is -0.462 e. The highest BCUT2D eigenvalue weighted by atomic mass is 31.2. The number of carbonyl (C=O) groups excluding carboxylic acids is 4. The molecule has 0 aliphatic carbocycles. The molecule has 0 heterocycles. The summed E-state index contributed by atoms with van der Waals surface area (Å²) in [4.78, 5) is 62.6. The van der Waals surface area contributed by atoms with E-state index >= 15 is 0 Å². The van der Waals surface area contributed by atoms with Gasteiger partial charge >= 0.3 is 19.8 Å². The number of carbonyl (C=O) groups is 4. The summed E-state index contributed by atoms with van der Waals surface area (Å²) in [6.45, 7) is 10.2. The van der Waals surface area contributed by atoms with E-state index in [1.165, 1.54) is 116 Å². The maximum Gasteiger partial charge on any atom is 0.472 e. The fourth-order valence-electron chi connectivity index (χ4n) is 8.08. The maximum absolute atomic E-state index is 13.9. The van der Waals surface area contributed by atoms with Crippen LogP contribution < -0.4 is 16.0 Å². The third kappa shape index (κ3) is 39.3. The normalized spacial score (nSPS) is 15.1. The predicted octanol–water partition coefficient (Wildman–Crippen LogP) is 10.9. The lowest BCUT2D eigenvalue weighted by Crippen LogP contribution is -2.58. The third-order valence-corrected chi connectivity index (χ3v) is 14.0. The number of aliphatic hydroxyl groups excluding tert-OH is 2. The Kier molecular flexibility index (Phi) is 43.4. The van der Waals surface area contributed by atoms with Crippen molar-refractivity contribution in [2.75, 3.05) is 39.5 Å². The molecule has 16 heteroatoms. The van der Waals surface area contributed by atoms with E-state index in [2.05, 4.69) is 29.8 Å². The first-order valence-corrected chi connectivity index (χ1v) is 29.2. The van der Waals surface area contributed by atoms with Gasteiger partial charge in [0.25, 0.3) is 0 Å². The van der Waals surface area contributed by atoms with Gasteiger partial charge in [0.2, 0.25) is 5.91 Å². The third-order valence-electron chi connectivity index (χ3n) is 13.1. The van der Waals surface area contributed by atoms with E-state index in [9.17, 15) is 33.7 Å². The van der Waals surface area contributed by atoms with Crippen LogP contribution in [0.5, 0.6) is 0 Å². The number of hydrogen-bond acceptors (Lipinski definition) is 13. The van der Waals surface area contributed by atoms with Crippen LogP contribution in [0.25, 0.3) is 0 Å². The molecular formula is C53H104N3O12P. The summed E-state index contributed by atoms with van der Waals surface area (Å²) in [5.41, 5.74) is -1.08. The van der Waals surface area contributed by atoms with Gasteiger partial charge in [-0.05, 0) is 46.0 Å². The van der Waals surface area contributed by atoms with Crippen LogP contribution in [-0.2, 0) is 42.3 Å². The zero-order valence-corrected chi connectivity index (χ0v) is 45.5. The predicted molar refractivity (Wildman–Crippen MR) is 277 cm³/mol. The minimum absolute atomic E-state index is 0.00786. The molecule has 15 nitrogen and oxygen atoms in total. The van der Waals surface area contributed by atoms with Crippen molar-refractivity contribution >= 4 is 31.5 Å². The highest BCUT2D eigenvalue weighted by Gasteiger charge is 2.37. The molecule has 0 saturated heterocycles. The second-order valence-electron chi connectivity index (χ2n) is 19.6. The molecule has 0 aromatic heterocycles. The lowest BCUT2D eigenvalue weighted by Gasteiger charge is -2.34. The number of esters is 2. The number of ether oxygens (including phenoxy) is 2. The number of hydrogen-bond donors (Lipinski definition) is 6. The number of rotatable bonds is 51. The zero-order valence-electron chi connectivity index (χ0n) is 44.6. The van der Waals surface area contributed by atoms with Crippen LogP contribution in [0.15, 0.2) is 0 Å². The second kappa shape index (κ2) is 44.7. The summed E-state index contributed by atoms with van der Waals surface area (Å²) in [6.07, 6.45) is 30.3. The van der Waals surface area contributed by atoms with E-state index in [0.29, 0.717) is 19.3 Å². The van der Waals surface area contributed by atoms with E-state index in [1.807, 2.05) is 20.8 Å². The minimum atomic E-state index is -4.67. The van der Waals surface area contributed by atoms with Gasteiger partial charge in [0.1, 0.15) is 6.61 Å². The monoisotopic (exact) mass is 1010 g/mol. The first-order chi connectivity index (χ1) is 33.2. The maximum atomic E-state index is 13.9. The molecule has 408 valence electrons. The Hall–Kier alpha value is -1.97. The van der Waals surface area contributed by atoms with Crippen molar-refractivity contribution in [3.63, 3.8) is 0 Å². The molecule has 0 aromatic rings. The number of phosphoric acid groups is 1. The highest BCUT2D eigenvalue weighted by Crippen LogP contribution is 2.43. The van der Waals surface area contributed by atoms with Gasteiger partial charge in [0, 0.05) is 38.4 Å². The molecule has 6 N–H and O–H groups in total. The van der Waals surface area contributed by atoms with Crippen molar-refractivity contribution < 1.29 is 57.4 Å². The smallest absolute Gasteiger partial charge is 0.462 e. The molecular weight excluding hydrogens is 902 g/mol. The van der Waals surface area contributed by atoms with E-state index in [-0.39, 0.29) is 69.7 Å². The summed E-state index contributed by atoms with van der Waals surface area (Å²) < 4.78 is 34.7. The number of phosphoric ester groups is 1. The molecule has 1 amide bonds. The van der Waals surface area contributed by atoms with E-state index in [1.54, 1.807) is 6.92 Å². The van der Waals surface area contributed by atoms with Crippen LogP contribution in [0.3, 0.4) is 0 Å². The summed E-state index contributed by atoms with van der Waals surface area (Å²) in [5, 5.41) is 27.6. The summed E-state index contributed by atoms with van der Waals surface area (Å²) in [7, 11) is -4.67. The number of ketones is 1. The van der Waals surface area contributed by atoms with Crippen molar-refractivity contribution in [2.24, 2.45) is 0 Å². The summed E-state index contributed by atoms with van der Waals surface area (Å²) >= 11 is 0. The Morgan fingerprint density at radius 1 is 0.638 bits per heavy atom. The molecule has 0 aliphatic rings. The van der Waals surface area contributed by atoms with Gasteiger partial charge in [0.15, 0.2) is 11.9 Å². The Balaban J connectivity index is 5.14. The number of amides is 1. The quantitative estimate of drug-likeness (QED) is 0.0190. The fraction of sp³-hybridized carbons (Fsp3) is 0.925. The molecule has 6 atom stereocenters. The molecule has 0 aliphatic heterocycles. The van der Waals surface area contributed by atoms with Gasteiger partial charge in [-0.25, -0.2) is 4.57 Å². The summed E-state index contributed by atoms with van der Waals surface area (Å²) in [5.74, 6) is -1.48. The average molecular weight is 1010 g/mol. The second-order valence-corrected chi connectivity index (χ2v) is 21.0. The van der Waals surface area contributed by atoms with Gasteiger partial charge in [-0.15, -0.1) is 0 Å². The summed E-state index contributed by atoms with van der Waals surface area (Å²) in [6, 6.07) is -0.707. The first-order valence-electron chi connectivity index (χ1n) is 27.7. The Labute approximate surface area is 419 Å². The van der Waals surface area contributed by atoms with Crippen LogP contribution in [0.1, 0.15) is 247 Å². The first kappa shape index (κ1) is 67.0. The largest absolute Gasteiger partial charge is 0.472 e. The number of aliphatic hydroxyl groups is 2. The topological polar surface area (TPSA) is 219 Å². The fourth-order valence-corrected chi connectivity index (χ4v) is 8.83. The van der Waals surface area contributed by atoms with Crippen molar-refractivity contribution in [1.82, 2.24) is 16.0 Å². The molecule has 0 radical (unpaired) electrons. The molecule has 0 rings (SSSR count). The standard InChI is InChI=1S/C53H104N3O12P/c1-7-11-13-15-17-19-21-23-25-27-29-31-33-35-50(60)65-43-47(68-51(61)36-34-32-30-28-26-24-22-20-18-16-14-12-8-2)44-67-69(63,64)66-40-39-55-53(6,10-4)52(62)48(56-45(5)9-3)37-38-49(59)54-41-46(58)42-57/h45-48,55-58H,7-44H2,1-6H3,(H,54,59)(H,63,64). The van der Waals surface area contributed by atoms with Crippen LogP contribution >= 0.6 is 7.82 Å². The van der Waals surface area contributed by atoms with Gasteiger partial charge in [-0.1, -0.05) is 182 Å². The Morgan fingerprint density at radius 3 is 1.55 bits per heavy atom. The van der Waals surface area contributed by atoms with Gasteiger partial charge in [-0.3, -0.25) is 28.2 Å². The van der Waals surface area contributed by atoms with Crippen molar-refractivity contribution in [1.29, 1.82) is 0 Å². The van der Waals surface area contributed by atoms with Crippen LogP contribution in [-0.4, -0.2) is 108 Å². The van der Waals surface area contributed by atoms with E-state index in [4.69, 9.17) is 23.6 Å². The molecule has 6 unspecified atom stereocenters.